The average molecular weight is 282 g/mol. The maximum Gasteiger partial charge on any atom is 0.255 e. The maximum atomic E-state index is 12.3. The normalized spacial score (nSPS) is 19.6. The third kappa shape index (κ3) is 3.45. The number of hydrogen-bond acceptors (Lipinski definition) is 3. The standard InChI is InChI=1S/C14H20ClN3O/c1-3-18-8-4-5-12(18)10-17(2)14(19)11-6-7-13(15)16-9-11/h6-7,9,12H,3-5,8,10H2,1-2H3. The summed E-state index contributed by atoms with van der Waals surface area (Å²) in [5, 5.41) is 0.409. The van der Waals surface area contributed by atoms with Crippen LogP contribution in [0.5, 0.6) is 0 Å². The first-order valence-electron chi connectivity index (χ1n) is 6.73. The molecule has 1 aromatic rings. The van der Waals surface area contributed by atoms with Crippen LogP contribution in [-0.4, -0.2) is 53.4 Å². The van der Waals surface area contributed by atoms with E-state index in [4.69, 9.17) is 11.6 Å². The van der Waals surface area contributed by atoms with Gasteiger partial charge in [0.15, 0.2) is 0 Å². The SMILES string of the molecule is CCN1CCCC1CN(C)C(=O)c1ccc(Cl)nc1. The van der Waals surface area contributed by atoms with Gasteiger partial charge in [-0.05, 0) is 38.1 Å². The number of halogens is 1. The molecule has 19 heavy (non-hydrogen) atoms. The number of hydrogen-bond donors (Lipinski definition) is 0. The highest BCUT2D eigenvalue weighted by atomic mass is 35.5. The van der Waals surface area contributed by atoms with Crippen molar-refractivity contribution in [2.24, 2.45) is 0 Å². The summed E-state index contributed by atoms with van der Waals surface area (Å²) in [4.78, 5) is 20.4. The lowest BCUT2D eigenvalue weighted by Crippen LogP contribution is -2.41. The molecule has 0 radical (unpaired) electrons. The van der Waals surface area contributed by atoms with E-state index in [0.29, 0.717) is 16.8 Å². The molecule has 0 spiro atoms. The molecule has 0 N–H and O–H groups in total. The van der Waals surface area contributed by atoms with Gasteiger partial charge in [-0.1, -0.05) is 18.5 Å². The lowest BCUT2D eigenvalue weighted by molar-refractivity contribution is 0.0754. The van der Waals surface area contributed by atoms with Gasteiger partial charge in [-0.3, -0.25) is 9.69 Å². The fraction of sp³-hybridized carbons (Fsp3) is 0.571. The highest BCUT2D eigenvalue weighted by Crippen LogP contribution is 2.18. The van der Waals surface area contributed by atoms with Gasteiger partial charge in [-0.2, -0.15) is 0 Å². The Labute approximate surface area is 119 Å². The third-order valence-electron chi connectivity index (χ3n) is 3.71. The molecule has 1 fully saturated rings. The summed E-state index contributed by atoms with van der Waals surface area (Å²) in [6.45, 7) is 5.14. The summed E-state index contributed by atoms with van der Waals surface area (Å²) in [7, 11) is 1.85. The van der Waals surface area contributed by atoms with E-state index in [9.17, 15) is 4.79 Å². The van der Waals surface area contributed by atoms with Gasteiger partial charge in [0.1, 0.15) is 5.15 Å². The van der Waals surface area contributed by atoms with E-state index in [1.54, 1.807) is 17.0 Å². The molecule has 2 heterocycles. The third-order valence-corrected chi connectivity index (χ3v) is 3.93. The lowest BCUT2D eigenvalue weighted by Gasteiger charge is -2.27. The Kier molecular flexibility index (Phi) is 4.77. The molecule has 1 atom stereocenters. The van der Waals surface area contributed by atoms with Crippen LogP contribution in [0.25, 0.3) is 0 Å². The predicted octanol–water partition coefficient (Wildman–Crippen LogP) is 2.29. The van der Waals surface area contributed by atoms with Crippen LogP contribution in [0, 0.1) is 0 Å². The molecular formula is C14H20ClN3O. The minimum absolute atomic E-state index is 0.00659. The summed E-state index contributed by atoms with van der Waals surface area (Å²) in [6.07, 6.45) is 3.93. The zero-order valence-electron chi connectivity index (χ0n) is 11.5. The van der Waals surface area contributed by atoms with Crippen LogP contribution in [0.4, 0.5) is 0 Å². The number of aromatic nitrogens is 1. The van der Waals surface area contributed by atoms with Crippen LogP contribution in [0.2, 0.25) is 5.15 Å². The first-order valence-corrected chi connectivity index (χ1v) is 7.10. The Morgan fingerprint density at radius 2 is 2.37 bits per heavy atom. The van der Waals surface area contributed by atoms with E-state index in [0.717, 1.165) is 19.6 Å². The van der Waals surface area contributed by atoms with Crippen LogP contribution in [0.1, 0.15) is 30.1 Å². The van der Waals surface area contributed by atoms with Gasteiger partial charge in [0.2, 0.25) is 0 Å². The van der Waals surface area contributed by atoms with Gasteiger partial charge < -0.3 is 4.90 Å². The number of rotatable bonds is 4. The fourth-order valence-electron chi connectivity index (χ4n) is 2.64. The summed E-state index contributed by atoms with van der Waals surface area (Å²) < 4.78 is 0. The molecule has 0 aromatic carbocycles. The van der Waals surface area contributed by atoms with E-state index in [1.807, 2.05) is 7.05 Å². The number of pyridine rings is 1. The summed E-state index contributed by atoms with van der Waals surface area (Å²) in [5.41, 5.74) is 0.591. The number of amides is 1. The average Bonchev–Trinajstić information content (AvgIpc) is 2.86. The number of carbonyl (C=O) groups excluding carboxylic acids is 1. The van der Waals surface area contributed by atoms with E-state index in [1.165, 1.54) is 19.0 Å². The van der Waals surface area contributed by atoms with Crippen molar-refractivity contribution in [3.63, 3.8) is 0 Å². The molecule has 2 rings (SSSR count). The Bertz CT molecular complexity index is 435. The molecule has 0 aliphatic carbocycles. The fourth-order valence-corrected chi connectivity index (χ4v) is 2.75. The maximum absolute atomic E-state index is 12.3. The van der Waals surface area contributed by atoms with Gasteiger partial charge in [-0.15, -0.1) is 0 Å². The lowest BCUT2D eigenvalue weighted by atomic mass is 10.2. The van der Waals surface area contributed by atoms with Crippen LogP contribution < -0.4 is 0 Å². The first-order chi connectivity index (χ1) is 9.11. The van der Waals surface area contributed by atoms with Crippen LogP contribution in [0.3, 0.4) is 0 Å². The summed E-state index contributed by atoms with van der Waals surface area (Å²) in [5.74, 6) is 0.00659. The van der Waals surface area contributed by atoms with E-state index < -0.39 is 0 Å². The Morgan fingerprint density at radius 3 is 3.00 bits per heavy atom. The second kappa shape index (κ2) is 6.35. The van der Waals surface area contributed by atoms with E-state index in [2.05, 4.69) is 16.8 Å². The zero-order valence-corrected chi connectivity index (χ0v) is 12.2. The van der Waals surface area contributed by atoms with Crippen LogP contribution in [-0.2, 0) is 0 Å². The summed E-state index contributed by atoms with van der Waals surface area (Å²) in [6, 6.07) is 3.86. The number of likely N-dealkylation sites (N-methyl/N-ethyl adjacent to an activating group) is 2. The molecular weight excluding hydrogens is 262 g/mol. The second-order valence-electron chi connectivity index (χ2n) is 4.98. The van der Waals surface area contributed by atoms with Gasteiger partial charge >= 0.3 is 0 Å². The predicted molar refractivity (Wildman–Crippen MR) is 76.5 cm³/mol. The minimum atomic E-state index is 0.00659. The quantitative estimate of drug-likeness (QED) is 0.795. The molecule has 1 amide bonds. The van der Waals surface area contributed by atoms with Crippen LogP contribution in [0.15, 0.2) is 18.3 Å². The monoisotopic (exact) mass is 281 g/mol. The van der Waals surface area contributed by atoms with E-state index in [-0.39, 0.29) is 5.91 Å². The second-order valence-corrected chi connectivity index (χ2v) is 5.37. The van der Waals surface area contributed by atoms with Gasteiger partial charge in [-0.25, -0.2) is 4.98 Å². The Hall–Kier alpha value is -1.13. The van der Waals surface area contributed by atoms with Gasteiger partial charge in [0.25, 0.3) is 5.91 Å². The van der Waals surface area contributed by atoms with Crippen molar-refractivity contribution < 1.29 is 4.79 Å². The molecule has 1 aliphatic rings. The molecule has 0 bridgehead atoms. The molecule has 1 aliphatic heterocycles. The molecule has 104 valence electrons. The molecule has 4 nitrogen and oxygen atoms in total. The van der Waals surface area contributed by atoms with Crippen molar-refractivity contribution in [2.45, 2.75) is 25.8 Å². The van der Waals surface area contributed by atoms with Crippen molar-refractivity contribution in [2.75, 3.05) is 26.7 Å². The molecule has 0 saturated carbocycles. The van der Waals surface area contributed by atoms with Crippen molar-refractivity contribution in [1.82, 2.24) is 14.8 Å². The molecule has 1 aromatic heterocycles. The first kappa shape index (κ1) is 14.3. The van der Waals surface area contributed by atoms with Crippen molar-refractivity contribution >= 4 is 17.5 Å². The van der Waals surface area contributed by atoms with E-state index >= 15 is 0 Å². The molecule has 1 saturated heterocycles. The largest absolute Gasteiger partial charge is 0.340 e. The van der Waals surface area contributed by atoms with Crippen molar-refractivity contribution in [3.05, 3.63) is 29.0 Å². The smallest absolute Gasteiger partial charge is 0.255 e. The zero-order chi connectivity index (χ0) is 13.8. The van der Waals surface area contributed by atoms with Gasteiger partial charge in [0.05, 0.1) is 5.56 Å². The Morgan fingerprint density at radius 1 is 1.58 bits per heavy atom. The number of likely N-dealkylation sites (tertiary alicyclic amines) is 1. The van der Waals surface area contributed by atoms with Crippen LogP contribution >= 0.6 is 11.6 Å². The molecule has 1 unspecified atom stereocenters. The Balaban J connectivity index is 1.97. The summed E-state index contributed by atoms with van der Waals surface area (Å²) >= 11 is 5.73. The minimum Gasteiger partial charge on any atom is -0.340 e. The van der Waals surface area contributed by atoms with Crippen molar-refractivity contribution in [3.8, 4) is 0 Å². The highest BCUT2D eigenvalue weighted by molar-refractivity contribution is 6.29. The number of nitrogens with zero attached hydrogens (tertiary/aromatic N) is 3. The topological polar surface area (TPSA) is 36.4 Å². The molecule has 5 heteroatoms. The highest BCUT2D eigenvalue weighted by Gasteiger charge is 2.25. The van der Waals surface area contributed by atoms with Gasteiger partial charge in [0, 0.05) is 25.8 Å². The number of carbonyl (C=O) groups is 1. The van der Waals surface area contributed by atoms with Crippen molar-refractivity contribution in [1.29, 1.82) is 0 Å².